The maximum atomic E-state index is 12.1. The van der Waals surface area contributed by atoms with E-state index in [4.69, 9.17) is 9.84 Å². The van der Waals surface area contributed by atoms with Crippen molar-refractivity contribution in [2.75, 3.05) is 13.2 Å². The molecule has 1 saturated heterocycles. The topological polar surface area (TPSA) is 78.9 Å². The molecule has 2 unspecified atom stereocenters. The third-order valence-corrected chi connectivity index (χ3v) is 3.70. The summed E-state index contributed by atoms with van der Waals surface area (Å²) in [5, 5.41) is 11.3. The summed E-state index contributed by atoms with van der Waals surface area (Å²) in [6, 6.07) is -1.04. The molecule has 0 aromatic heterocycles. The van der Waals surface area contributed by atoms with E-state index in [0.29, 0.717) is 13.2 Å². The molecule has 2 fully saturated rings. The van der Waals surface area contributed by atoms with Crippen LogP contribution in [0.5, 0.6) is 0 Å². The summed E-state index contributed by atoms with van der Waals surface area (Å²) in [6.45, 7) is 2.55. The number of carbonyl (C=O) groups is 2. The van der Waals surface area contributed by atoms with Crippen LogP contribution in [0, 0.1) is 0 Å². The molecule has 2 aliphatic rings. The summed E-state index contributed by atoms with van der Waals surface area (Å²) in [4.78, 5) is 24.5. The number of rotatable bonds is 2. The van der Waals surface area contributed by atoms with E-state index in [1.807, 2.05) is 0 Å². The van der Waals surface area contributed by atoms with Crippen molar-refractivity contribution in [3.63, 3.8) is 0 Å². The zero-order chi connectivity index (χ0) is 13.1. The highest BCUT2D eigenvalue weighted by molar-refractivity contribution is 5.82. The van der Waals surface area contributed by atoms with Gasteiger partial charge in [-0.05, 0) is 19.8 Å². The second-order valence-electron chi connectivity index (χ2n) is 4.96. The van der Waals surface area contributed by atoms with E-state index in [1.54, 1.807) is 4.90 Å². The monoisotopic (exact) mass is 256 g/mol. The van der Waals surface area contributed by atoms with Gasteiger partial charge >= 0.3 is 12.0 Å². The molecule has 18 heavy (non-hydrogen) atoms. The normalized spacial score (nSPS) is 29.3. The molecule has 6 heteroatoms. The number of ether oxygens (including phenoxy) is 1. The van der Waals surface area contributed by atoms with Crippen LogP contribution in [0.1, 0.15) is 32.6 Å². The van der Waals surface area contributed by atoms with E-state index in [-0.39, 0.29) is 18.2 Å². The van der Waals surface area contributed by atoms with Gasteiger partial charge in [0, 0.05) is 6.54 Å². The van der Waals surface area contributed by atoms with Gasteiger partial charge in [0.05, 0.1) is 18.8 Å². The fourth-order valence-electron chi connectivity index (χ4n) is 2.68. The molecule has 0 aromatic rings. The first kappa shape index (κ1) is 13.1. The van der Waals surface area contributed by atoms with Gasteiger partial charge in [-0.2, -0.15) is 0 Å². The zero-order valence-electron chi connectivity index (χ0n) is 10.6. The minimum atomic E-state index is -1.02. The number of amides is 2. The van der Waals surface area contributed by atoms with Gasteiger partial charge in [-0.25, -0.2) is 4.79 Å². The van der Waals surface area contributed by atoms with Gasteiger partial charge in [0.1, 0.15) is 6.04 Å². The van der Waals surface area contributed by atoms with E-state index in [9.17, 15) is 9.59 Å². The highest BCUT2D eigenvalue weighted by Gasteiger charge is 2.37. The molecule has 3 atom stereocenters. The van der Waals surface area contributed by atoms with E-state index < -0.39 is 12.0 Å². The Balaban J connectivity index is 1.97. The summed E-state index contributed by atoms with van der Waals surface area (Å²) >= 11 is 0. The summed E-state index contributed by atoms with van der Waals surface area (Å²) in [5.74, 6) is -1.02. The number of urea groups is 1. The molecule has 0 bridgehead atoms. The molecule has 0 spiro atoms. The van der Waals surface area contributed by atoms with Gasteiger partial charge in [-0.3, -0.25) is 4.79 Å². The second kappa shape index (κ2) is 5.56. The van der Waals surface area contributed by atoms with Crippen molar-refractivity contribution in [3.8, 4) is 0 Å². The highest BCUT2D eigenvalue weighted by atomic mass is 16.5. The minimum Gasteiger partial charge on any atom is -0.480 e. The molecule has 1 aliphatic carbocycles. The number of nitrogens with one attached hydrogen (secondary N) is 1. The van der Waals surface area contributed by atoms with Gasteiger partial charge < -0.3 is 20.1 Å². The zero-order valence-corrected chi connectivity index (χ0v) is 10.6. The third-order valence-electron chi connectivity index (χ3n) is 3.70. The first-order valence-corrected chi connectivity index (χ1v) is 6.51. The Morgan fingerprint density at radius 3 is 2.83 bits per heavy atom. The van der Waals surface area contributed by atoms with E-state index in [0.717, 1.165) is 25.7 Å². The van der Waals surface area contributed by atoms with Crippen molar-refractivity contribution in [1.82, 2.24) is 10.2 Å². The predicted molar refractivity (Wildman–Crippen MR) is 64.3 cm³/mol. The Labute approximate surface area is 106 Å². The van der Waals surface area contributed by atoms with Crippen LogP contribution in [0.2, 0.25) is 0 Å². The number of carboxylic acids is 1. The number of aliphatic carboxylic acids is 1. The third kappa shape index (κ3) is 2.75. The molecule has 1 aliphatic heterocycles. The lowest BCUT2D eigenvalue weighted by Crippen LogP contribution is -2.58. The van der Waals surface area contributed by atoms with Crippen molar-refractivity contribution >= 4 is 12.0 Å². The highest BCUT2D eigenvalue weighted by Crippen LogP contribution is 2.28. The summed E-state index contributed by atoms with van der Waals surface area (Å²) in [7, 11) is 0. The molecule has 6 nitrogen and oxygen atoms in total. The van der Waals surface area contributed by atoms with Crippen molar-refractivity contribution in [2.24, 2.45) is 0 Å². The number of fused-ring (bicyclic) bond motifs is 1. The van der Waals surface area contributed by atoms with Crippen molar-refractivity contribution in [2.45, 2.75) is 50.8 Å². The van der Waals surface area contributed by atoms with Crippen LogP contribution < -0.4 is 5.32 Å². The van der Waals surface area contributed by atoms with Crippen molar-refractivity contribution < 1.29 is 19.4 Å². The Morgan fingerprint density at radius 1 is 1.39 bits per heavy atom. The van der Waals surface area contributed by atoms with Crippen LogP contribution in [0.15, 0.2) is 0 Å². The maximum Gasteiger partial charge on any atom is 0.325 e. The molecule has 0 aromatic carbocycles. The van der Waals surface area contributed by atoms with Gasteiger partial charge in [0.25, 0.3) is 0 Å². The number of nitrogens with zero attached hydrogens (tertiary/aromatic N) is 1. The average molecular weight is 256 g/mol. The summed E-state index contributed by atoms with van der Waals surface area (Å²) < 4.78 is 5.68. The first-order chi connectivity index (χ1) is 8.59. The van der Waals surface area contributed by atoms with Crippen LogP contribution in [-0.4, -0.2) is 53.3 Å². The van der Waals surface area contributed by atoms with Crippen LogP contribution >= 0.6 is 0 Å². The maximum absolute atomic E-state index is 12.1. The molecule has 1 heterocycles. The molecular weight excluding hydrogens is 236 g/mol. The van der Waals surface area contributed by atoms with Crippen LogP contribution in [0.25, 0.3) is 0 Å². The Bertz CT molecular complexity index is 332. The van der Waals surface area contributed by atoms with E-state index in [2.05, 4.69) is 5.32 Å². The first-order valence-electron chi connectivity index (χ1n) is 6.51. The van der Waals surface area contributed by atoms with Crippen LogP contribution in [-0.2, 0) is 9.53 Å². The summed E-state index contributed by atoms with van der Waals surface area (Å²) in [6.07, 6.45) is 4.30. The molecule has 2 amide bonds. The summed E-state index contributed by atoms with van der Waals surface area (Å²) in [5.41, 5.74) is 0. The fraction of sp³-hybridized carbons (Fsp3) is 0.833. The fourth-order valence-corrected chi connectivity index (χ4v) is 2.68. The number of carboxylic acid groups (broad SMARTS) is 1. The SMILES string of the molecule is C[C@@H](NC(=O)N1CCOC2CCCCC21)C(=O)O. The van der Waals surface area contributed by atoms with Crippen molar-refractivity contribution in [3.05, 3.63) is 0 Å². The number of hydrogen-bond donors (Lipinski definition) is 2. The number of carbonyl (C=O) groups excluding carboxylic acids is 1. The standard InChI is InChI=1S/C12H20N2O4/c1-8(11(15)16)13-12(17)14-6-7-18-10-5-3-2-4-9(10)14/h8-10H,2-7H2,1H3,(H,13,17)(H,15,16)/t8-,9?,10?/m1/s1. The largest absolute Gasteiger partial charge is 0.480 e. The van der Waals surface area contributed by atoms with Gasteiger partial charge in [0.2, 0.25) is 0 Å². The smallest absolute Gasteiger partial charge is 0.325 e. The Morgan fingerprint density at radius 2 is 2.11 bits per heavy atom. The Hall–Kier alpha value is -1.30. The Kier molecular flexibility index (Phi) is 4.06. The second-order valence-corrected chi connectivity index (χ2v) is 4.96. The van der Waals surface area contributed by atoms with Gasteiger partial charge in [0.15, 0.2) is 0 Å². The molecule has 102 valence electrons. The average Bonchev–Trinajstić information content (AvgIpc) is 2.37. The van der Waals surface area contributed by atoms with Crippen molar-refractivity contribution in [1.29, 1.82) is 0 Å². The minimum absolute atomic E-state index is 0.105. The predicted octanol–water partition coefficient (Wildman–Crippen LogP) is 0.812. The molecule has 0 radical (unpaired) electrons. The van der Waals surface area contributed by atoms with E-state index in [1.165, 1.54) is 6.92 Å². The quantitative estimate of drug-likeness (QED) is 0.766. The lowest BCUT2D eigenvalue weighted by atomic mass is 9.90. The number of hydrogen-bond acceptors (Lipinski definition) is 3. The number of morpholine rings is 1. The van der Waals surface area contributed by atoms with Crippen LogP contribution in [0.4, 0.5) is 4.79 Å². The molecular formula is C12H20N2O4. The van der Waals surface area contributed by atoms with Gasteiger partial charge in [-0.15, -0.1) is 0 Å². The van der Waals surface area contributed by atoms with Gasteiger partial charge in [-0.1, -0.05) is 12.8 Å². The van der Waals surface area contributed by atoms with E-state index >= 15 is 0 Å². The molecule has 2 rings (SSSR count). The molecule has 2 N–H and O–H groups in total. The lowest BCUT2D eigenvalue weighted by Gasteiger charge is -2.43. The lowest BCUT2D eigenvalue weighted by molar-refractivity contribution is -0.138. The molecule has 1 saturated carbocycles. The van der Waals surface area contributed by atoms with Crippen LogP contribution in [0.3, 0.4) is 0 Å².